The van der Waals surface area contributed by atoms with E-state index in [1.165, 1.54) is 0 Å². The molecule has 106 valence electrons. The van der Waals surface area contributed by atoms with Gasteiger partial charge in [-0.15, -0.1) is 0 Å². The molecule has 0 atom stereocenters. The molecule has 0 bridgehead atoms. The maximum Gasteiger partial charge on any atom is 0.162 e. The van der Waals surface area contributed by atoms with Gasteiger partial charge < -0.3 is 5.43 Å². The zero-order chi connectivity index (χ0) is 14.7. The first-order chi connectivity index (χ1) is 9.60. The van der Waals surface area contributed by atoms with Gasteiger partial charge in [-0.25, -0.2) is 15.8 Å². The molecule has 20 heavy (non-hydrogen) atoms. The van der Waals surface area contributed by atoms with E-state index in [4.69, 9.17) is 22.4 Å². The van der Waals surface area contributed by atoms with Crippen molar-refractivity contribution in [2.75, 3.05) is 5.43 Å². The van der Waals surface area contributed by atoms with Gasteiger partial charge in [0, 0.05) is 5.56 Å². The lowest BCUT2D eigenvalue weighted by atomic mass is 10.1. The predicted molar refractivity (Wildman–Crippen MR) is 83.8 cm³/mol. The number of hydrazine groups is 1. The van der Waals surface area contributed by atoms with Crippen molar-refractivity contribution in [2.24, 2.45) is 5.84 Å². The molecule has 0 saturated carbocycles. The molecule has 2 aromatic rings. The van der Waals surface area contributed by atoms with E-state index >= 15 is 0 Å². The Bertz CT molecular complexity index is 626. The van der Waals surface area contributed by atoms with Crippen LogP contribution < -0.4 is 11.3 Å². The second kappa shape index (κ2) is 6.20. The predicted octanol–water partition coefficient (Wildman–Crippen LogP) is 3.52. The van der Waals surface area contributed by atoms with Gasteiger partial charge in [-0.1, -0.05) is 37.6 Å². The number of nitrogens with zero attached hydrogens (tertiary/aromatic N) is 2. The Morgan fingerprint density at radius 2 is 1.85 bits per heavy atom. The van der Waals surface area contributed by atoms with Crippen LogP contribution in [0.1, 0.15) is 30.8 Å². The number of aryl methyl sites for hydroxylation is 3. The molecule has 0 aliphatic rings. The summed E-state index contributed by atoms with van der Waals surface area (Å²) in [5.74, 6) is 6.15. The fourth-order valence-corrected chi connectivity index (χ4v) is 2.47. The van der Waals surface area contributed by atoms with Gasteiger partial charge in [-0.05, 0) is 31.4 Å². The van der Waals surface area contributed by atoms with E-state index < -0.39 is 0 Å². The topological polar surface area (TPSA) is 63.8 Å². The molecular formula is C15H19ClN4. The molecule has 0 fully saturated rings. The van der Waals surface area contributed by atoms with Crippen LogP contribution >= 0.6 is 11.6 Å². The summed E-state index contributed by atoms with van der Waals surface area (Å²) in [6.07, 6.45) is 1.53. The molecule has 2 rings (SSSR count). The van der Waals surface area contributed by atoms with Crippen molar-refractivity contribution in [3.05, 3.63) is 40.2 Å². The monoisotopic (exact) mass is 290 g/mol. The van der Waals surface area contributed by atoms with Crippen molar-refractivity contribution >= 4 is 17.4 Å². The lowest BCUT2D eigenvalue weighted by molar-refractivity contribution is 0.940. The number of aromatic nitrogens is 2. The Morgan fingerprint density at radius 1 is 1.15 bits per heavy atom. The number of nitrogens with one attached hydrogen (secondary N) is 1. The summed E-state index contributed by atoms with van der Waals surface area (Å²) in [7, 11) is 0. The summed E-state index contributed by atoms with van der Waals surface area (Å²) in [5.41, 5.74) is 7.23. The third-order valence-electron chi connectivity index (χ3n) is 3.23. The first-order valence-corrected chi connectivity index (χ1v) is 7.11. The standard InChI is InChI=1S/C15H19ClN4/c1-4-12-14(10-7-6-9(3)8-11(10)16)18-13(5-2)15(19-12)20-17/h6-8H,4-5,17H2,1-3H3,(H,19,20). The summed E-state index contributed by atoms with van der Waals surface area (Å²) in [5, 5.41) is 0.699. The molecular weight excluding hydrogens is 272 g/mol. The Balaban J connectivity index is 2.65. The Kier molecular flexibility index (Phi) is 4.57. The molecule has 0 radical (unpaired) electrons. The fourth-order valence-electron chi connectivity index (χ4n) is 2.14. The average Bonchev–Trinajstić information content (AvgIpc) is 2.46. The van der Waals surface area contributed by atoms with Crippen LogP contribution in [0.15, 0.2) is 18.2 Å². The van der Waals surface area contributed by atoms with Crippen molar-refractivity contribution in [1.82, 2.24) is 9.97 Å². The number of halogens is 1. The van der Waals surface area contributed by atoms with Crippen LogP contribution in [0.2, 0.25) is 5.02 Å². The van der Waals surface area contributed by atoms with Gasteiger partial charge in [-0.3, -0.25) is 0 Å². The van der Waals surface area contributed by atoms with E-state index in [1.54, 1.807) is 0 Å². The van der Waals surface area contributed by atoms with E-state index in [9.17, 15) is 0 Å². The fraction of sp³-hybridized carbons (Fsp3) is 0.333. The van der Waals surface area contributed by atoms with Crippen molar-refractivity contribution in [2.45, 2.75) is 33.6 Å². The first-order valence-electron chi connectivity index (χ1n) is 6.73. The molecule has 0 unspecified atom stereocenters. The van der Waals surface area contributed by atoms with Gasteiger partial charge in [0.2, 0.25) is 0 Å². The highest BCUT2D eigenvalue weighted by molar-refractivity contribution is 6.33. The molecule has 0 saturated heterocycles. The summed E-state index contributed by atoms with van der Waals surface area (Å²) < 4.78 is 0. The van der Waals surface area contributed by atoms with Crippen LogP contribution in [0.4, 0.5) is 5.82 Å². The SMILES string of the molecule is CCc1nc(-c2ccc(C)cc2Cl)c(CC)nc1NN. The highest BCUT2D eigenvalue weighted by atomic mass is 35.5. The molecule has 1 heterocycles. The van der Waals surface area contributed by atoms with Crippen molar-refractivity contribution in [3.63, 3.8) is 0 Å². The number of benzene rings is 1. The molecule has 0 aliphatic carbocycles. The van der Waals surface area contributed by atoms with Crippen LogP contribution in [0.25, 0.3) is 11.3 Å². The molecule has 1 aromatic heterocycles. The summed E-state index contributed by atoms with van der Waals surface area (Å²) >= 11 is 6.35. The number of hydrogen-bond donors (Lipinski definition) is 2. The van der Waals surface area contributed by atoms with Gasteiger partial charge in [0.1, 0.15) is 0 Å². The minimum Gasteiger partial charge on any atom is -0.307 e. The second-order valence-corrected chi connectivity index (χ2v) is 5.06. The van der Waals surface area contributed by atoms with Crippen molar-refractivity contribution in [3.8, 4) is 11.3 Å². The molecule has 5 heteroatoms. The largest absolute Gasteiger partial charge is 0.307 e. The van der Waals surface area contributed by atoms with Gasteiger partial charge >= 0.3 is 0 Å². The van der Waals surface area contributed by atoms with Gasteiger partial charge in [0.15, 0.2) is 5.82 Å². The summed E-state index contributed by atoms with van der Waals surface area (Å²) in [4.78, 5) is 9.27. The zero-order valence-corrected chi connectivity index (χ0v) is 12.8. The molecule has 0 spiro atoms. The molecule has 0 aliphatic heterocycles. The lowest BCUT2D eigenvalue weighted by Crippen LogP contribution is -2.14. The third kappa shape index (κ3) is 2.76. The van der Waals surface area contributed by atoms with E-state index in [2.05, 4.69) is 10.4 Å². The summed E-state index contributed by atoms with van der Waals surface area (Å²) in [6.45, 7) is 6.08. The smallest absolute Gasteiger partial charge is 0.162 e. The first kappa shape index (κ1) is 14.8. The molecule has 1 aromatic carbocycles. The second-order valence-electron chi connectivity index (χ2n) is 4.65. The van der Waals surface area contributed by atoms with Crippen LogP contribution in [0, 0.1) is 6.92 Å². The Hall–Kier alpha value is -1.65. The number of hydrogen-bond acceptors (Lipinski definition) is 4. The quantitative estimate of drug-likeness (QED) is 0.668. The molecule has 4 nitrogen and oxygen atoms in total. The average molecular weight is 291 g/mol. The Labute approximate surface area is 124 Å². The van der Waals surface area contributed by atoms with E-state index in [0.29, 0.717) is 10.8 Å². The summed E-state index contributed by atoms with van der Waals surface area (Å²) in [6, 6.07) is 5.97. The molecule has 3 N–H and O–H groups in total. The normalized spacial score (nSPS) is 10.7. The number of nitrogen functional groups attached to an aromatic ring is 1. The minimum absolute atomic E-state index is 0.635. The zero-order valence-electron chi connectivity index (χ0n) is 12.0. The number of anilines is 1. The number of nitrogens with two attached hydrogens (primary N) is 1. The van der Waals surface area contributed by atoms with Gasteiger partial charge in [0.05, 0.1) is 22.1 Å². The van der Waals surface area contributed by atoms with Crippen LogP contribution in [-0.4, -0.2) is 9.97 Å². The van der Waals surface area contributed by atoms with Crippen LogP contribution in [-0.2, 0) is 12.8 Å². The third-order valence-corrected chi connectivity index (χ3v) is 3.54. The number of rotatable bonds is 4. The van der Waals surface area contributed by atoms with Crippen molar-refractivity contribution in [1.29, 1.82) is 0 Å². The highest BCUT2D eigenvalue weighted by Crippen LogP contribution is 2.31. The highest BCUT2D eigenvalue weighted by Gasteiger charge is 2.15. The van der Waals surface area contributed by atoms with E-state index in [-0.39, 0.29) is 0 Å². The van der Waals surface area contributed by atoms with Crippen molar-refractivity contribution < 1.29 is 0 Å². The van der Waals surface area contributed by atoms with Gasteiger partial charge in [0.25, 0.3) is 0 Å². The van der Waals surface area contributed by atoms with E-state index in [0.717, 1.165) is 41.1 Å². The molecule has 0 amide bonds. The minimum atomic E-state index is 0.635. The Morgan fingerprint density at radius 3 is 2.40 bits per heavy atom. The maximum absolute atomic E-state index is 6.35. The van der Waals surface area contributed by atoms with Crippen LogP contribution in [0.3, 0.4) is 0 Å². The van der Waals surface area contributed by atoms with Gasteiger partial charge in [-0.2, -0.15) is 0 Å². The maximum atomic E-state index is 6.35. The van der Waals surface area contributed by atoms with Crippen LogP contribution in [0.5, 0.6) is 0 Å². The van der Waals surface area contributed by atoms with E-state index in [1.807, 2.05) is 39.0 Å². The lowest BCUT2D eigenvalue weighted by Gasteiger charge is -2.13.